The summed E-state index contributed by atoms with van der Waals surface area (Å²) < 4.78 is 10.9. The first-order valence-electron chi connectivity index (χ1n) is 9.05. The number of hydrogen-bond donors (Lipinski definition) is 0. The number of methoxy groups -OCH3 is 1. The van der Waals surface area contributed by atoms with Crippen LogP contribution in [-0.2, 0) is 35.4 Å². The molecule has 2 aromatic rings. The Morgan fingerprint density at radius 1 is 1.00 bits per heavy atom. The maximum atomic E-state index is 5.78. The molecule has 0 bridgehead atoms. The maximum Gasteiger partial charge on any atom is 4.00 e. The minimum Gasteiger partial charge on any atom is -1.00 e. The summed E-state index contributed by atoms with van der Waals surface area (Å²) in [5, 5.41) is 0. The number of hydrogen-bond acceptors (Lipinski definition) is 2. The van der Waals surface area contributed by atoms with Crippen molar-refractivity contribution in [2.24, 2.45) is 0 Å². The van der Waals surface area contributed by atoms with Crippen molar-refractivity contribution in [2.75, 3.05) is 7.11 Å². The van der Waals surface area contributed by atoms with Crippen LogP contribution in [-0.4, -0.2) is 15.4 Å². The fraction of sp³-hybridized carbons (Fsp3) is 0.304. The zero-order valence-corrected chi connectivity index (χ0v) is 22.4. The average Bonchev–Trinajstić information content (AvgIpc) is 3.18. The molecule has 29 heavy (non-hydrogen) atoms. The molecule has 6 heteroatoms. The third-order valence-electron chi connectivity index (χ3n) is 4.43. The number of benzene rings is 2. The molecular formula is C23H26Cl2O2SiZr. The molecule has 0 radical (unpaired) electrons. The molecule has 0 amide bonds. The minimum absolute atomic E-state index is 0. The van der Waals surface area contributed by atoms with Gasteiger partial charge in [-0.15, -0.1) is 23.6 Å². The van der Waals surface area contributed by atoms with Crippen LogP contribution in [0.3, 0.4) is 0 Å². The van der Waals surface area contributed by atoms with Crippen molar-refractivity contribution in [2.45, 2.75) is 38.9 Å². The molecule has 0 N–H and O–H groups in total. The third-order valence-corrected chi connectivity index (χ3v) is 5.27. The SMILES string of the molecule is CC1c2[c-]cccc2-c2ccccc21.COC1=[C-]CC=C1O[Si](C)(C)C.[Cl-].[Cl-].[Zr+4]. The van der Waals surface area contributed by atoms with E-state index in [2.05, 4.69) is 75.1 Å². The Hall–Kier alpha value is -0.800. The van der Waals surface area contributed by atoms with Gasteiger partial charge in [0.25, 0.3) is 0 Å². The molecule has 4 rings (SSSR count). The number of ether oxygens (including phenoxy) is 1. The first kappa shape index (κ1) is 28.2. The molecule has 0 fully saturated rings. The zero-order chi connectivity index (χ0) is 18.7. The van der Waals surface area contributed by atoms with Crippen LogP contribution in [0.25, 0.3) is 11.1 Å². The Bertz CT molecular complexity index is 814. The van der Waals surface area contributed by atoms with Crippen LogP contribution >= 0.6 is 0 Å². The molecule has 1 unspecified atom stereocenters. The summed E-state index contributed by atoms with van der Waals surface area (Å²) in [5.41, 5.74) is 5.51. The summed E-state index contributed by atoms with van der Waals surface area (Å²) in [6, 6.07) is 18.2. The summed E-state index contributed by atoms with van der Waals surface area (Å²) in [5.74, 6) is 2.14. The molecule has 0 aliphatic heterocycles. The first-order chi connectivity index (χ1) is 12.4. The Balaban J connectivity index is 0.000000496. The van der Waals surface area contributed by atoms with E-state index in [0.29, 0.717) is 5.92 Å². The molecule has 2 aromatic carbocycles. The van der Waals surface area contributed by atoms with Crippen molar-refractivity contribution in [3.63, 3.8) is 0 Å². The fourth-order valence-corrected chi connectivity index (χ4v) is 4.16. The number of allylic oxidation sites excluding steroid dienone is 2. The standard InChI is InChI=1S/C14H11.C9H15O2Si.2ClH.Zr/c1-10-11-6-2-4-8-13(11)14-9-5-3-7-12(10)14;1-10-8-6-5-7-9(8)11-12(2,3)4;;;/h2-6,8-10H,1H3;7H,5H2,1-4H3;2*1H;/q2*-1;;;+4/p-2. The minimum atomic E-state index is -1.49. The quantitative estimate of drug-likeness (QED) is 0.419. The molecular weight excluding hydrogens is 498 g/mol. The third kappa shape index (κ3) is 6.85. The normalized spacial score (nSPS) is 15.6. The predicted molar refractivity (Wildman–Crippen MR) is 109 cm³/mol. The molecule has 152 valence electrons. The van der Waals surface area contributed by atoms with Gasteiger partial charge in [-0.1, -0.05) is 36.8 Å². The van der Waals surface area contributed by atoms with Crippen molar-refractivity contribution >= 4 is 8.32 Å². The van der Waals surface area contributed by atoms with E-state index in [4.69, 9.17) is 9.16 Å². The molecule has 2 nitrogen and oxygen atoms in total. The van der Waals surface area contributed by atoms with E-state index in [0.717, 1.165) is 17.9 Å². The monoisotopic (exact) mass is 522 g/mol. The molecule has 0 spiro atoms. The second kappa shape index (κ2) is 12.2. The Morgan fingerprint density at radius 3 is 2.31 bits per heavy atom. The Labute approximate surface area is 207 Å². The second-order valence-corrected chi connectivity index (χ2v) is 11.9. The number of rotatable bonds is 3. The van der Waals surface area contributed by atoms with Crippen LogP contribution in [0.4, 0.5) is 0 Å². The predicted octanol–water partition coefficient (Wildman–Crippen LogP) is 0.0835. The number of fused-ring (bicyclic) bond motifs is 3. The smallest absolute Gasteiger partial charge is 1.00 e. The van der Waals surface area contributed by atoms with Crippen molar-refractivity contribution in [1.82, 2.24) is 0 Å². The zero-order valence-electron chi connectivity index (χ0n) is 17.5. The Morgan fingerprint density at radius 2 is 1.66 bits per heavy atom. The van der Waals surface area contributed by atoms with Gasteiger partial charge in [0.15, 0.2) is 0 Å². The van der Waals surface area contributed by atoms with Crippen molar-refractivity contribution in [3.05, 3.63) is 83.3 Å². The van der Waals surface area contributed by atoms with Crippen LogP contribution in [0.5, 0.6) is 0 Å². The van der Waals surface area contributed by atoms with Gasteiger partial charge in [-0.25, -0.2) is 6.08 Å². The van der Waals surface area contributed by atoms with Gasteiger partial charge >= 0.3 is 26.2 Å². The molecule has 0 aromatic heterocycles. The Kier molecular flexibility index (Phi) is 11.8. The summed E-state index contributed by atoms with van der Waals surface area (Å²) in [4.78, 5) is 0. The summed E-state index contributed by atoms with van der Waals surface area (Å²) >= 11 is 0. The summed E-state index contributed by atoms with van der Waals surface area (Å²) in [7, 11) is 0.158. The molecule has 0 saturated heterocycles. The van der Waals surface area contributed by atoms with E-state index < -0.39 is 8.32 Å². The van der Waals surface area contributed by atoms with Crippen molar-refractivity contribution < 1.29 is 60.2 Å². The average molecular weight is 525 g/mol. The topological polar surface area (TPSA) is 18.5 Å². The molecule has 2 aliphatic carbocycles. The maximum absolute atomic E-state index is 5.78. The van der Waals surface area contributed by atoms with Gasteiger partial charge in [-0.3, -0.25) is 0 Å². The van der Waals surface area contributed by atoms with Crippen LogP contribution in [0.15, 0.2) is 60.1 Å². The summed E-state index contributed by atoms with van der Waals surface area (Å²) in [6.07, 6.45) is 5.90. The van der Waals surface area contributed by atoms with Gasteiger partial charge in [0.1, 0.15) is 0 Å². The first-order valence-corrected chi connectivity index (χ1v) is 12.5. The van der Waals surface area contributed by atoms with Crippen LogP contribution in [0.1, 0.15) is 30.4 Å². The fourth-order valence-electron chi connectivity index (χ4n) is 3.33. The van der Waals surface area contributed by atoms with E-state index in [1.54, 1.807) is 7.11 Å². The second-order valence-electron chi connectivity index (χ2n) is 7.50. The van der Waals surface area contributed by atoms with E-state index >= 15 is 0 Å². The van der Waals surface area contributed by atoms with Crippen molar-refractivity contribution in [3.8, 4) is 11.1 Å². The van der Waals surface area contributed by atoms with Gasteiger partial charge in [0, 0.05) is 0 Å². The largest absolute Gasteiger partial charge is 4.00 e. The number of halogens is 2. The molecule has 0 heterocycles. The molecule has 0 saturated carbocycles. The molecule has 2 aliphatic rings. The van der Waals surface area contributed by atoms with E-state index in [1.165, 1.54) is 22.3 Å². The van der Waals surface area contributed by atoms with E-state index in [1.807, 2.05) is 12.1 Å². The van der Waals surface area contributed by atoms with Gasteiger partial charge in [-0.05, 0) is 42.6 Å². The van der Waals surface area contributed by atoms with Gasteiger partial charge < -0.3 is 34.0 Å². The summed E-state index contributed by atoms with van der Waals surface area (Å²) in [6.45, 7) is 8.71. The van der Waals surface area contributed by atoms with E-state index in [-0.39, 0.29) is 51.0 Å². The molecule has 1 atom stereocenters. The van der Waals surface area contributed by atoms with Crippen LogP contribution in [0, 0.1) is 12.1 Å². The van der Waals surface area contributed by atoms with Gasteiger partial charge in [0.05, 0.1) is 7.11 Å². The van der Waals surface area contributed by atoms with Crippen molar-refractivity contribution in [1.29, 1.82) is 0 Å². The van der Waals surface area contributed by atoms with Gasteiger partial charge in [-0.2, -0.15) is 24.3 Å². The van der Waals surface area contributed by atoms with Crippen LogP contribution < -0.4 is 24.8 Å². The van der Waals surface area contributed by atoms with Crippen LogP contribution in [0.2, 0.25) is 19.6 Å². The van der Waals surface area contributed by atoms with E-state index in [9.17, 15) is 0 Å². The van der Waals surface area contributed by atoms with Gasteiger partial charge in [0.2, 0.25) is 8.32 Å².